The maximum atomic E-state index is 6.01. The predicted octanol–water partition coefficient (Wildman–Crippen LogP) is 4.40. The fourth-order valence-corrected chi connectivity index (χ4v) is 3.88. The molecule has 2 aromatic rings. The van der Waals surface area contributed by atoms with Gasteiger partial charge < -0.3 is 19.7 Å². The number of hydrogen-bond donors (Lipinski definition) is 1. The van der Waals surface area contributed by atoms with E-state index >= 15 is 0 Å². The molecule has 0 unspecified atom stereocenters. The molecule has 0 bridgehead atoms. The van der Waals surface area contributed by atoms with Crippen molar-refractivity contribution in [3.05, 3.63) is 46.4 Å². The van der Waals surface area contributed by atoms with E-state index in [9.17, 15) is 0 Å². The molecule has 28 heavy (non-hydrogen) atoms. The van der Waals surface area contributed by atoms with E-state index in [1.807, 2.05) is 6.07 Å². The van der Waals surface area contributed by atoms with Gasteiger partial charge in [-0.05, 0) is 74.5 Å². The Morgan fingerprint density at radius 2 is 1.82 bits per heavy atom. The van der Waals surface area contributed by atoms with Crippen LogP contribution >= 0.6 is 15.9 Å². The molecule has 0 radical (unpaired) electrons. The van der Waals surface area contributed by atoms with Gasteiger partial charge in [0.15, 0.2) is 5.75 Å². The van der Waals surface area contributed by atoms with Crippen LogP contribution < -0.4 is 19.7 Å². The number of aromatic nitrogens is 1. The molecule has 1 aliphatic heterocycles. The third-order valence-electron chi connectivity index (χ3n) is 5.49. The van der Waals surface area contributed by atoms with E-state index in [1.165, 1.54) is 18.4 Å². The number of anilines is 1. The summed E-state index contributed by atoms with van der Waals surface area (Å²) in [6.07, 6.45) is 4.74. The lowest BCUT2D eigenvalue weighted by molar-refractivity contribution is 0.269. The topological polar surface area (TPSA) is 46.6 Å². The average Bonchev–Trinajstić information content (AvgIpc) is 3.57. The highest BCUT2D eigenvalue weighted by atomic mass is 79.9. The van der Waals surface area contributed by atoms with Gasteiger partial charge in [0, 0.05) is 17.1 Å². The molecule has 1 saturated heterocycles. The van der Waals surface area contributed by atoms with Gasteiger partial charge in [-0.3, -0.25) is 0 Å². The van der Waals surface area contributed by atoms with Gasteiger partial charge in [-0.2, -0.15) is 4.98 Å². The summed E-state index contributed by atoms with van der Waals surface area (Å²) in [7, 11) is 1.67. The van der Waals surface area contributed by atoms with Gasteiger partial charge in [0.25, 0.3) is 5.88 Å². The lowest BCUT2D eigenvalue weighted by Gasteiger charge is -2.36. The minimum absolute atomic E-state index is 0.460. The Morgan fingerprint density at radius 1 is 1.07 bits per heavy atom. The molecular formula is C22H28BrN3O2. The molecule has 1 aromatic heterocycles. The van der Waals surface area contributed by atoms with Crippen LogP contribution in [0.4, 0.5) is 5.82 Å². The predicted molar refractivity (Wildman–Crippen MR) is 115 cm³/mol. The molecule has 1 saturated carbocycles. The zero-order chi connectivity index (χ0) is 19.3. The average molecular weight is 446 g/mol. The highest BCUT2D eigenvalue weighted by Crippen LogP contribution is 2.34. The fourth-order valence-electron chi connectivity index (χ4n) is 3.62. The molecule has 1 aromatic carbocycles. The summed E-state index contributed by atoms with van der Waals surface area (Å²) >= 11 is 3.53. The van der Waals surface area contributed by atoms with Crippen LogP contribution in [0.3, 0.4) is 0 Å². The second-order valence-corrected chi connectivity index (χ2v) is 8.58. The van der Waals surface area contributed by atoms with E-state index < -0.39 is 0 Å². The Bertz CT molecular complexity index is 774. The monoisotopic (exact) mass is 445 g/mol. The van der Waals surface area contributed by atoms with Crippen molar-refractivity contribution < 1.29 is 9.47 Å². The van der Waals surface area contributed by atoms with E-state index in [4.69, 9.17) is 14.5 Å². The number of piperidine rings is 1. The van der Waals surface area contributed by atoms with Gasteiger partial charge in [-0.25, -0.2) is 0 Å². The molecule has 2 fully saturated rings. The molecule has 1 N–H and O–H groups in total. The van der Waals surface area contributed by atoms with Crippen molar-refractivity contribution in [1.82, 2.24) is 10.3 Å². The van der Waals surface area contributed by atoms with Gasteiger partial charge in [0.05, 0.1) is 13.7 Å². The minimum Gasteiger partial charge on any atom is -0.491 e. The van der Waals surface area contributed by atoms with Crippen LogP contribution in [0.1, 0.15) is 31.2 Å². The van der Waals surface area contributed by atoms with E-state index in [-0.39, 0.29) is 0 Å². The van der Waals surface area contributed by atoms with Crippen molar-refractivity contribution in [1.29, 1.82) is 0 Å². The van der Waals surface area contributed by atoms with Crippen molar-refractivity contribution in [2.45, 2.75) is 38.3 Å². The Hall–Kier alpha value is -1.79. The van der Waals surface area contributed by atoms with Crippen LogP contribution in [0.2, 0.25) is 0 Å². The van der Waals surface area contributed by atoms with Crippen LogP contribution in [0, 0.1) is 5.92 Å². The Labute approximate surface area is 175 Å². The van der Waals surface area contributed by atoms with Crippen molar-refractivity contribution >= 4 is 21.7 Å². The van der Waals surface area contributed by atoms with Gasteiger partial charge in [-0.15, -0.1) is 0 Å². The number of pyridine rings is 1. The van der Waals surface area contributed by atoms with Crippen LogP contribution in [-0.4, -0.2) is 37.8 Å². The minimum atomic E-state index is 0.460. The maximum absolute atomic E-state index is 6.01. The maximum Gasteiger partial charge on any atom is 0.258 e. The molecule has 4 rings (SSSR count). The molecule has 2 heterocycles. The van der Waals surface area contributed by atoms with Gasteiger partial charge in [0.2, 0.25) is 0 Å². The Morgan fingerprint density at radius 3 is 2.50 bits per heavy atom. The van der Waals surface area contributed by atoms with E-state index in [0.717, 1.165) is 49.4 Å². The molecule has 6 heteroatoms. The number of nitrogens with one attached hydrogen (secondary N) is 1. The second-order valence-electron chi connectivity index (χ2n) is 7.67. The Balaban J connectivity index is 1.60. The second kappa shape index (κ2) is 9.14. The first-order valence-electron chi connectivity index (χ1n) is 10.1. The molecule has 0 atom stereocenters. The number of ether oxygens (including phenoxy) is 2. The normalized spacial score (nSPS) is 17.4. The summed E-state index contributed by atoms with van der Waals surface area (Å²) < 4.78 is 12.6. The molecule has 2 aliphatic rings. The molecule has 150 valence electrons. The van der Waals surface area contributed by atoms with Crippen molar-refractivity contribution in [3.63, 3.8) is 0 Å². The zero-order valence-electron chi connectivity index (χ0n) is 16.4. The number of benzene rings is 1. The number of hydrogen-bond acceptors (Lipinski definition) is 5. The highest BCUT2D eigenvalue weighted by molar-refractivity contribution is 9.10. The zero-order valence-corrected chi connectivity index (χ0v) is 18.0. The molecule has 0 amide bonds. The SMILES string of the molecule is COc1ccc(N(Cc2ccc(Br)cc2)C2CCNCC2)nc1OCC1CC1. The Kier molecular flexibility index (Phi) is 6.37. The van der Waals surface area contributed by atoms with Crippen LogP contribution in [0.15, 0.2) is 40.9 Å². The molecule has 5 nitrogen and oxygen atoms in total. The first-order chi connectivity index (χ1) is 13.7. The quantitative estimate of drug-likeness (QED) is 0.652. The molecule has 1 aliphatic carbocycles. The highest BCUT2D eigenvalue weighted by Gasteiger charge is 2.25. The van der Waals surface area contributed by atoms with Crippen LogP contribution in [0.5, 0.6) is 11.6 Å². The summed E-state index contributed by atoms with van der Waals surface area (Å²) in [6, 6.07) is 13.0. The summed E-state index contributed by atoms with van der Waals surface area (Å²) in [6.45, 7) is 3.65. The third kappa shape index (κ3) is 4.97. The first-order valence-corrected chi connectivity index (χ1v) is 10.9. The molecule has 0 spiro atoms. The van der Waals surface area contributed by atoms with Crippen LogP contribution in [0.25, 0.3) is 0 Å². The van der Waals surface area contributed by atoms with Gasteiger partial charge in [0.1, 0.15) is 5.82 Å². The number of rotatable bonds is 8. The lowest BCUT2D eigenvalue weighted by atomic mass is 10.0. The van der Waals surface area contributed by atoms with Crippen molar-refractivity contribution in [2.75, 3.05) is 31.7 Å². The summed E-state index contributed by atoms with van der Waals surface area (Å²) in [4.78, 5) is 7.31. The first kappa shape index (κ1) is 19.5. The summed E-state index contributed by atoms with van der Waals surface area (Å²) in [5.74, 6) is 2.96. The van der Waals surface area contributed by atoms with E-state index in [1.54, 1.807) is 7.11 Å². The summed E-state index contributed by atoms with van der Waals surface area (Å²) in [5.41, 5.74) is 1.28. The van der Waals surface area contributed by atoms with Gasteiger partial charge in [-0.1, -0.05) is 28.1 Å². The fraction of sp³-hybridized carbons (Fsp3) is 0.500. The van der Waals surface area contributed by atoms with Gasteiger partial charge >= 0.3 is 0 Å². The third-order valence-corrected chi connectivity index (χ3v) is 6.02. The smallest absolute Gasteiger partial charge is 0.258 e. The van der Waals surface area contributed by atoms with E-state index in [0.29, 0.717) is 23.6 Å². The van der Waals surface area contributed by atoms with Crippen molar-refractivity contribution in [3.8, 4) is 11.6 Å². The number of halogens is 1. The van der Waals surface area contributed by atoms with Crippen LogP contribution in [-0.2, 0) is 6.54 Å². The largest absolute Gasteiger partial charge is 0.491 e. The number of nitrogens with zero attached hydrogens (tertiary/aromatic N) is 2. The van der Waals surface area contributed by atoms with E-state index in [2.05, 4.69) is 56.5 Å². The number of methoxy groups -OCH3 is 1. The summed E-state index contributed by atoms with van der Waals surface area (Å²) in [5, 5.41) is 3.46. The standard InChI is InChI=1S/C22H28BrN3O2/c1-27-20-8-9-21(25-22(20)28-15-17-2-3-17)26(19-10-12-24-13-11-19)14-16-4-6-18(23)7-5-16/h4-9,17,19,24H,2-3,10-15H2,1H3. The molecular weight excluding hydrogens is 418 g/mol. The van der Waals surface area contributed by atoms with Crippen molar-refractivity contribution in [2.24, 2.45) is 5.92 Å². The lowest BCUT2D eigenvalue weighted by Crippen LogP contribution is -2.43.